The van der Waals surface area contributed by atoms with Crippen LogP contribution in [0.1, 0.15) is 30.1 Å². The van der Waals surface area contributed by atoms with E-state index < -0.39 is 0 Å². The van der Waals surface area contributed by atoms with Crippen LogP contribution in [0.5, 0.6) is 0 Å². The molecule has 0 aliphatic carbocycles. The van der Waals surface area contributed by atoms with Gasteiger partial charge in [0.15, 0.2) is 0 Å². The maximum absolute atomic E-state index is 12.3. The van der Waals surface area contributed by atoms with Gasteiger partial charge in [0.2, 0.25) is 5.91 Å². The molecule has 0 radical (unpaired) electrons. The average Bonchev–Trinajstić information content (AvgIpc) is 2.73. The Morgan fingerprint density at radius 3 is 2.43 bits per heavy atom. The fraction of sp³-hybridized carbons (Fsp3) is 0.217. The fourth-order valence-corrected chi connectivity index (χ4v) is 2.93. The molecular formula is C23H25N3O2. The lowest BCUT2D eigenvalue weighted by Crippen LogP contribution is -2.24. The molecule has 0 fully saturated rings. The van der Waals surface area contributed by atoms with Crippen molar-refractivity contribution in [2.75, 3.05) is 23.7 Å². The summed E-state index contributed by atoms with van der Waals surface area (Å²) in [5.74, 6) is -0.202. The van der Waals surface area contributed by atoms with Crippen LogP contribution < -0.4 is 16.0 Å². The molecular weight excluding hydrogens is 350 g/mol. The smallest absolute Gasteiger partial charge is 0.251 e. The molecule has 0 heterocycles. The van der Waals surface area contributed by atoms with Crippen LogP contribution in [-0.2, 0) is 4.79 Å². The van der Waals surface area contributed by atoms with E-state index in [-0.39, 0.29) is 18.4 Å². The van der Waals surface area contributed by atoms with Crippen molar-refractivity contribution < 1.29 is 9.59 Å². The molecule has 0 aliphatic rings. The maximum Gasteiger partial charge on any atom is 0.251 e. The molecule has 5 heteroatoms. The molecule has 3 aromatic carbocycles. The van der Waals surface area contributed by atoms with Crippen molar-refractivity contribution in [3.8, 4) is 0 Å². The van der Waals surface area contributed by atoms with Gasteiger partial charge in [0.05, 0.1) is 6.54 Å². The Labute approximate surface area is 165 Å². The Bertz CT molecular complexity index is 946. The first-order valence-electron chi connectivity index (χ1n) is 9.57. The summed E-state index contributed by atoms with van der Waals surface area (Å²) in [6.45, 7) is 2.91. The summed E-state index contributed by atoms with van der Waals surface area (Å²) in [4.78, 5) is 24.3. The first-order chi connectivity index (χ1) is 13.7. The quantitative estimate of drug-likeness (QED) is 0.511. The van der Waals surface area contributed by atoms with Gasteiger partial charge >= 0.3 is 0 Å². The van der Waals surface area contributed by atoms with Crippen LogP contribution in [0.3, 0.4) is 0 Å². The zero-order chi connectivity index (χ0) is 19.8. The number of fused-ring (bicyclic) bond motifs is 1. The predicted octanol–water partition coefficient (Wildman–Crippen LogP) is 4.42. The van der Waals surface area contributed by atoms with Gasteiger partial charge in [0, 0.05) is 28.9 Å². The summed E-state index contributed by atoms with van der Waals surface area (Å²) in [6, 6.07) is 20.9. The highest BCUT2D eigenvalue weighted by Gasteiger charge is 2.07. The molecule has 0 saturated carbocycles. The molecule has 2 amide bonds. The number of carbonyl (C=O) groups excluding carboxylic acids is 2. The summed E-state index contributed by atoms with van der Waals surface area (Å²) < 4.78 is 0. The fourth-order valence-electron chi connectivity index (χ4n) is 2.93. The van der Waals surface area contributed by atoms with Crippen LogP contribution in [0.2, 0.25) is 0 Å². The van der Waals surface area contributed by atoms with Crippen molar-refractivity contribution in [1.29, 1.82) is 0 Å². The molecule has 0 unspecified atom stereocenters. The lowest BCUT2D eigenvalue weighted by molar-refractivity contribution is -0.114. The highest BCUT2D eigenvalue weighted by atomic mass is 16.2. The number of benzene rings is 3. The molecule has 0 spiro atoms. The molecule has 3 rings (SSSR count). The van der Waals surface area contributed by atoms with E-state index in [4.69, 9.17) is 0 Å². The SMILES string of the molecule is CCCCNC(=O)c1ccc(NCC(=O)Nc2cccc3ccccc23)cc1. The molecule has 28 heavy (non-hydrogen) atoms. The van der Waals surface area contributed by atoms with Gasteiger partial charge in [-0.3, -0.25) is 9.59 Å². The molecule has 0 aromatic heterocycles. The summed E-state index contributed by atoms with van der Waals surface area (Å²) in [5.41, 5.74) is 2.20. The van der Waals surface area contributed by atoms with Gasteiger partial charge in [-0.15, -0.1) is 0 Å². The maximum atomic E-state index is 12.3. The van der Waals surface area contributed by atoms with Gasteiger partial charge in [-0.1, -0.05) is 49.7 Å². The van der Waals surface area contributed by atoms with E-state index in [2.05, 4.69) is 22.9 Å². The minimum Gasteiger partial charge on any atom is -0.376 e. The normalized spacial score (nSPS) is 10.5. The van der Waals surface area contributed by atoms with Gasteiger partial charge in [-0.25, -0.2) is 0 Å². The second kappa shape index (κ2) is 9.55. The van der Waals surface area contributed by atoms with Crippen LogP contribution in [0, 0.1) is 0 Å². The van der Waals surface area contributed by atoms with Crippen LogP contribution in [0.25, 0.3) is 10.8 Å². The minimum absolute atomic E-state index is 0.0753. The summed E-state index contributed by atoms with van der Waals surface area (Å²) >= 11 is 0. The third-order valence-electron chi connectivity index (χ3n) is 4.48. The number of unbranched alkanes of at least 4 members (excludes halogenated alkanes) is 1. The number of carbonyl (C=O) groups is 2. The minimum atomic E-state index is -0.127. The second-order valence-electron chi connectivity index (χ2n) is 6.62. The van der Waals surface area contributed by atoms with Gasteiger partial charge < -0.3 is 16.0 Å². The van der Waals surface area contributed by atoms with E-state index in [1.807, 2.05) is 42.5 Å². The monoisotopic (exact) mass is 375 g/mol. The first-order valence-corrected chi connectivity index (χ1v) is 9.57. The first kappa shape index (κ1) is 19.4. The van der Waals surface area contributed by atoms with Crippen molar-refractivity contribution in [2.24, 2.45) is 0 Å². The Morgan fingerprint density at radius 1 is 0.893 bits per heavy atom. The predicted molar refractivity (Wildman–Crippen MR) is 115 cm³/mol. The van der Waals surface area contributed by atoms with Gasteiger partial charge in [-0.2, -0.15) is 0 Å². The van der Waals surface area contributed by atoms with Crippen LogP contribution >= 0.6 is 0 Å². The van der Waals surface area contributed by atoms with E-state index in [0.29, 0.717) is 12.1 Å². The third-order valence-corrected chi connectivity index (χ3v) is 4.48. The van der Waals surface area contributed by atoms with Crippen LogP contribution in [0.15, 0.2) is 66.7 Å². The molecule has 0 bridgehead atoms. The number of anilines is 2. The van der Waals surface area contributed by atoms with Crippen molar-refractivity contribution in [2.45, 2.75) is 19.8 Å². The summed E-state index contributed by atoms with van der Waals surface area (Å²) in [7, 11) is 0. The Hall–Kier alpha value is -3.34. The van der Waals surface area contributed by atoms with Crippen molar-refractivity contribution in [1.82, 2.24) is 5.32 Å². The number of rotatable bonds is 8. The van der Waals surface area contributed by atoms with E-state index in [0.717, 1.165) is 35.0 Å². The summed E-state index contributed by atoms with van der Waals surface area (Å²) in [6.07, 6.45) is 2.02. The largest absolute Gasteiger partial charge is 0.376 e. The molecule has 0 saturated heterocycles. The number of nitrogens with one attached hydrogen (secondary N) is 3. The molecule has 5 nitrogen and oxygen atoms in total. The van der Waals surface area contributed by atoms with Crippen molar-refractivity contribution in [3.05, 3.63) is 72.3 Å². The lowest BCUT2D eigenvalue weighted by Gasteiger charge is -2.11. The van der Waals surface area contributed by atoms with E-state index in [1.54, 1.807) is 24.3 Å². The highest BCUT2D eigenvalue weighted by Crippen LogP contribution is 2.22. The number of hydrogen-bond donors (Lipinski definition) is 3. The zero-order valence-electron chi connectivity index (χ0n) is 16.0. The molecule has 3 aromatic rings. The van der Waals surface area contributed by atoms with Crippen molar-refractivity contribution >= 4 is 34.0 Å². The van der Waals surface area contributed by atoms with E-state index >= 15 is 0 Å². The van der Waals surface area contributed by atoms with Crippen molar-refractivity contribution in [3.63, 3.8) is 0 Å². The summed E-state index contributed by atoms with van der Waals surface area (Å²) in [5, 5.41) is 11.0. The second-order valence-corrected chi connectivity index (χ2v) is 6.62. The van der Waals surface area contributed by atoms with Gasteiger partial charge in [0.1, 0.15) is 0 Å². The molecule has 0 atom stereocenters. The highest BCUT2D eigenvalue weighted by molar-refractivity contribution is 6.03. The zero-order valence-corrected chi connectivity index (χ0v) is 16.0. The topological polar surface area (TPSA) is 70.2 Å². The van der Waals surface area contributed by atoms with Crippen LogP contribution in [0.4, 0.5) is 11.4 Å². The standard InChI is InChI=1S/C23H25N3O2/c1-2-3-15-24-23(28)18-11-13-19(14-12-18)25-16-22(27)26-21-10-6-8-17-7-4-5-9-20(17)21/h4-14,25H,2-3,15-16H2,1H3,(H,24,28)(H,26,27). The van der Waals surface area contributed by atoms with Gasteiger partial charge in [0.25, 0.3) is 5.91 Å². The molecule has 3 N–H and O–H groups in total. The molecule has 144 valence electrons. The number of hydrogen-bond acceptors (Lipinski definition) is 3. The average molecular weight is 375 g/mol. The van der Waals surface area contributed by atoms with E-state index in [1.165, 1.54) is 0 Å². The lowest BCUT2D eigenvalue weighted by atomic mass is 10.1. The number of amides is 2. The Kier molecular flexibility index (Phi) is 6.63. The van der Waals surface area contributed by atoms with Gasteiger partial charge in [-0.05, 0) is 42.1 Å². The Morgan fingerprint density at radius 2 is 1.64 bits per heavy atom. The third kappa shape index (κ3) is 5.10. The Balaban J connectivity index is 1.53. The van der Waals surface area contributed by atoms with Crippen LogP contribution in [-0.4, -0.2) is 24.9 Å². The van der Waals surface area contributed by atoms with E-state index in [9.17, 15) is 9.59 Å². The molecule has 0 aliphatic heterocycles.